The van der Waals surface area contributed by atoms with E-state index in [9.17, 15) is 4.79 Å². The SMILES string of the molecule is O=C(Sc1ccncc1)c1ccccc1. The summed E-state index contributed by atoms with van der Waals surface area (Å²) in [7, 11) is 0. The highest BCUT2D eigenvalue weighted by molar-refractivity contribution is 8.14. The zero-order chi connectivity index (χ0) is 10.5. The van der Waals surface area contributed by atoms with Crippen molar-refractivity contribution in [1.82, 2.24) is 4.98 Å². The van der Waals surface area contributed by atoms with Gasteiger partial charge in [-0.15, -0.1) is 0 Å². The molecule has 2 rings (SSSR count). The summed E-state index contributed by atoms with van der Waals surface area (Å²) < 4.78 is 0. The van der Waals surface area contributed by atoms with Gasteiger partial charge >= 0.3 is 0 Å². The fraction of sp³-hybridized carbons (Fsp3) is 0. The Morgan fingerprint density at radius 3 is 2.33 bits per heavy atom. The summed E-state index contributed by atoms with van der Waals surface area (Å²) in [5.74, 6) is 0. The van der Waals surface area contributed by atoms with E-state index in [-0.39, 0.29) is 5.12 Å². The molecule has 2 nitrogen and oxygen atoms in total. The first-order valence-electron chi connectivity index (χ1n) is 4.53. The van der Waals surface area contributed by atoms with Crippen LogP contribution in [0.15, 0.2) is 59.8 Å². The lowest BCUT2D eigenvalue weighted by Gasteiger charge is -1.99. The summed E-state index contributed by atoms with van der Waals surface area (Å²) >= 11 is 1.22. The Morgan fingerprint density at radius 1 is 1.00 bits per heavy atom. The molecule has 15 heavy (non-hydrogen) atoms. The first-order chi connectivity index (χ1) is 7.36. The third kappa shape index (κ3) is 2.67. The summed E-state index contributed by atoms with van der Waals surface area (Å²) in [6, 6.07) is 12.9. The Labute approximate surface area is 92.4 Å². The predicted octanol–water partition coefficient (Wildman–Crippen LogP) is 3.01. The fourth-order valence-electron chi connectivity index (χ4n) is 1.15. The minimum absolute atomic E-state index is 0.0572. The van der Waals surface area contributed by atoms with Gasteiger partial charge in [0.05, 0.1) is 0 Å². The number of rotatable bonds is 2. The van der Waals surface area contributed by atoms with Crippen molar-refractivity contribution in [2.45, 2.75) is 4.90 Å². The highest BCUT2D eigenvalue weighted by atomic mass is 32.2. The van der Waals surface area contributed by atoms with Gasteiger partial charge in [0, 0.05) is 22.9 Å². The Bertz CT molecular complexity index is 442. The zero-order valence-electron chi connectivity index (χ0n) is 7.96. The van der Waals surface area contributed by atoms with E-state index in [1.807, 2.05) is 42.5 Å². The minimum Gasteiger partial charge on any atom is -0.281 e. The van der Waals surface area contributed by atoms with E-state index in [1.54, 1.807) is 12.4 Å². The average Bonchev–Trinajstić information content (AvgIpc) is 2.31. The monoisotopic (exact) mass is 215 g/mol. The van der Waals surface area contributed by atoms with Gasteiger partial charge in [0.1, 0.15) is 0 Å². The van der Waals surface area contributed by atoms with Gasteiger partial charge in [-0.2, -0.15) is 0 Å². The molecule has 0 N–H and O–H groups in total. The second-order valence-corrected chi connectivity index (χ2v) is 3.98. The van der Waals surface area contributed by atoms with Gasteiger partial charge in [-0.1, -0.05) is 30.3 Å². The normalized spacial score (nSPS) is 9.87. The van der Waals surface area contributed by atoms with Crippen molar-refractivity contribution in [3.63, 3.8) is 0 Å². The van der Waals surface area contributed by atoms with Crippen molar-refractivity contribution in [1.29, 1.82) is 0 Å². The molecule has 74 valence electrons. The predicted molar refractivity (Wildman–Crippen MR) is 60.9 cm³/mol. The van der Waals surface area contributed by atoms with Crippen LogP contribution in [0.3, 0.4) is 0 Å². The smallest absolute Gasteiger partial charge is 0.224 e. The maximum Gasteiger partial charge on any atom is 0.224 e. The number of benzene rings is 1. The molecule has 0 fully saturated rings. The highest BCUT2D eigenvalue weighted by Gasteiger charge is 2.06. The summed E-state index contributed by atoms with van der Waals surface area (Å²) in [5.41, 5.74) is 0.722. The Balaban J connectivity index is 2.12. The van der Waals surface area contributed by atoms with E-state index < -0.39 is 0 Å². The number of pyridine rings is 1. The molecule has 1 aromatic carbocycles. The maximum atomic E-state index is 11.8. The molecule has 0 amide bonds. The van der Waals surface area contributed by atoms with E-state index in [0.29, 0.717) is 0 Å². The number of thioether (sulfide) groups is 1. The molecule has 2 aromatic rings. The van der Waals surface area contributed by atoms with Crippen LogP contribution in [-0.4, -0.2) is 10.1 Å². The molecule has 1 aromatic heterocycles. The minimum atomic E-state index is 0.0572. The first-order valence-corrected chi connectivity index (χ1v) is 5.35. The van der Waals surface area contributed by atoms with E-state index in [4.69, 9.17) is 0 Å². The van der Waals surface area contributed by atoms with E-state index in [0.717, 1.165) is 10.5 Å². The fourth-order valence-corrected chi connectivity index (χ4v) is 1.87. The summed E-state index contributed by atoms with van der Waals surface area (Å²) in [6.45, 7) is 0. The van der Waals surface area contributed by atoms with Crippen molar-refractivity contribution < 1.29 is 4.79 Å². The van der Waals surface area contributed by atoms with E-state index in [1.165, 1.54) is 11.8 Å². The molecule has 0 unspecified atom stereocenters. The third-order valence-electron chi connectivity index (χ3n) is 1.87. The topological polar surface area (TPSA) is 30.0 Å². The molecule has 0 aliphatic heterocycles. The molecule has 0 saturated heterocycles. The molecular formula is C12H9NOS. The third-order valence-corrected chi connectivity index (χ3v) is 2.80. The summed E-state index contributed by atoms with van der Waals surface area (Å²) in [4.78, 5) is 16.6. The van der Waals surface area contributed by atoms with Crippen LogP contribution in [0.1, 0.15) is 10.4 Å². The van der Waals surface area contributed by atoms with Crippen molar-refractivity contribution in [2.75, 3.05) is 0 Å². The lowest BCUT2D eigenvalue weighted by Crippen LogP contribution is -1.91. The van der Waals surface area contributed by atoms with E-state index >= 15 is 0 Å². The summed E-state index contributed by atoms with van der Waals surface area (Å²) in [5, 5.41) is 0.0572. The van der Waals surface area contributed by atoms with Crippen LogP contribution in [0.25, 0.3) is 0 Å². The van der Waals surface area contributed by atoms with Gasteiger partial charge in [-0.25, -0.2) is 0 Å². The van der Waals surface area contributed by atoms with Crippen LogP contribution in [0, 0.1) is 0 Å². The standard InChI is InChI=1S/C12H9NOS/c14-12(10-4-2-1-3-5-10)15-11-6-8-13-9-7-11/h1-9H. The number of hydrogen-bond donors (Lipinski definition) is 0. The van der Waals surface area contributed by atoms with Crippen LogP contribution in [0.4, 0.5) is 0 Å². The van der Waals surface area contributed by atoms with Crippen molar-refractivity contribution in [3.05, 3.63) is 60.4 Å². The lowest BCUT2D eigenvalue weighted by atomic mass is 10.2. The Hall–Kier alpha value is -1.61. The molecule has 0 bridgehead atoms. The number of nitrogens with zero attached hydrogens (tertiary/aromatic N) is 1. The van der Waals surface area contributed by atoms with Gasteiger partial charge in [0.2, 0.25) is 5.12 Å². The number of carbonyl (C=O) groups excluding carboxylic acids is 1. The number of carbonyl (C=O) groups is 1. The van der Waals surface area contributed by atoms with Crippen LogP contribution in [0.2, 0.25) is 0 Å². The zero-order valence-corrected chi connectivity index (χ0v) is 8.78. The molecule has 3 heteroatoms. The molecule has 0 spiro atoms. The Morgan fingerprint density at radius 2 is 1.67 bits per heavy atom. The van der Waals surface area contributed by atoms with Crippen LogP contribution < -0.4 is 0 Å². The largest absolute Gasteiger partial charge is 0.281 e. The molecule has 0 radical (unpaired) electrons. The number of aromatic nitrogens is 1. The lowest BCUT2D eigenvalue weighted by molar-refractivity contribution is 0.108. The van der Waals surface area contributed by atoms with Gasteiger partial charge < -0.3 is 0 Å². The van der Waals surface area contributed by atoms with Crippen LogP contribution >= 0.6 is 11.8 Å². The van der Waals surface area contributed by atoms with Gasteiger partial charge in [-0.05, 0) is 23.9 Å². The van der Waals surface area contributed by atoms with E-state index in [2.05, 4.69) is 4.98 Å². The molecular weight excluding hydrogens is 206 g/mol. The Kier molecular flexibility index (Phi) is 3.15. The van der Waals surface area contributed by atoms with Gasteiger partial charge in [0.25, 0.3) is 0 Å². The summed E-state index contributed by atoms with van der Waals surface area (Å²) in [6.07, 6.45) is 3.36. The quantitative estimate of drug-likeness (QED) is 0.721. The number of hydrogen-bond acceptors (Lipinski definition) is 3. The first kappa shape index (κ1) is 9.93. The average molecular weight is 215 g/mol. The highest BCUT2D eigenvalue weighted by Crippen LogP contribution is 2.21. The van der Waals surface area contributed by atoms with Crippen molar-refractivity contribution in [3.8, 4) is 0 Å². The second kappa shape index (κ2) is 4.75. The molecule has 0 aliphatic carbocycles. The van der Waals surface area contributed by atoms with Gasteiger partial charge in [-0.3, -0.25) is 9.78 Å². The van der Waals surface area contributed by atoms with Gasteiger partial charge in [0.15, 0.2) is 0 Å². The molecule has 0 atom stereocenters. The van der Waals surface area contributed by atoms with Crippen molar-refractivity contribution in [2.24, 2.45) is 0 Å². The van der Waals surface area contributed by atoms with Crippen LogP contribution in [-0.2, 0) is 0 Å². The van der Waals surface area contributed by atoms with Crippen molar-refractivity contribution >= 4 is 16.9 Å². The maximum absolute atomic E-state index is 11.8. The van der Waals surface area contributed by atoms with Crippen LogP contribution in [0.5, 0.6) is 0 Å². The molecule has 0 saturated carbocycles. The molecule has 0 aliphatic rings. The second-order valence-electron chi connectivity index (χ2n) is 2.94. The molecule has 1 heterocycles.